The maximum absolute atomic E-state index is 12.0. The van der Waals surface area contributed by atoms with Crippen LogP contribution in [-0.4, -0.2) is 42.8 Å². The van der Waals surface area contributed by atoms with Crippen LogP contribution < -0.4 is 73.1 Å². The molecule has 28 heavy (non-hydrogen) atoms. The van der Waals surface area contributed by atoms with Crippen LogP contribution in [0.15, 0.2) is 0 Å². The third kappa shape index (κ3) is 25.5. The van der Waals surface area contributed by atoms with Crippen LogP contribution in [-0.2, 0) is 14.4 Å². The first-order valence-electron chi connectivity index (χ1n) is 9.17. The number of nitrogens with two attached hydrogens (primary N) is 1. The number of carbonyl (C=O) groups excluding carboxylic acids is 4. The molecule has 0 aromatic rings. The van der Waals surface area contributed by atoms with Crippen molar-refractivity contribution >= 4 is 24.1 Å². The van der Waals surface area contributed by atoms with Crippen LogP contribution in [0, 0.1) is 13.3 Å². The van der Waals surface area contributed by atoms with E-state index in [1.807, 2.05) is 13.8 Å². The average Bonchev–Trinajstić information content (AvgIpc) is 2.57. The standard InChI is InChI=1S/C13H23N4O4.C3H8.C2H6.CH3.K/c1-8(2)11(16-9(3)19)12(20)17-10(7-18)5-4-6-15-13(14)21;1-3-2;1-2;;/h8,10-11H,4-6H2,1-3H3,(H,16,19)(H,17,20)(H3,14,15,21);3H2,1-2H3;1-2H3;1H3;/q-1;;;-1;+1. The summed E-state index contributed by atoms with van der Waals surface area (Å²) in [6.07, 6.45) is 3.77. The summed E-state index contributed by atoms with van der Waals surface area (Å²) in [6.45, 7) is 13.5. The summed E-state index contributed by atoms with van der Waals surface area (Å²) >= 11 is 0. The molecule has 0 aromatic heterocycles. The Morgan fingerprint density at radius 1 is 1.07 bits per heavy atom. The summed E-state index contributed by atoms with van der Waals surface area (Å²) in [7, 11) is 0. The predicted molar refractivity (Wildman–Crippen MR) is 111 cm³/mol. The van der Waals surface area contributed by atoms with E-state index >= 15 is 0 Å². The summed E-state index contributed by atoms with van der Waals surface area (Å²) in [5, 5.41) is 7.44. The molecule has 5 N–H and O–H groups in total. The molecule has 0 rings (SSSR count). The minimum atomic E-state index is -0.790. The quantitative estimate of drug-likeness (QED) is 0.215. The van der Waals surface area contributed by atoms with Gasteiger partial charge in [0, 0.05) is 13.5 Å². The van der Waals surface area contributed by atoms with Crippen molar-refractivity contribution in [3.05, 3.63) is 7.43 Å². The Bertz CT molecular complexity index is 407. The second-order valence-corrected chi connectivity index (χ2v) is 5.74. The van der Waals surface area contributed by atoms with Gasteiger partial charge in [-0.05, 0) is 12.3 Å². The van der Waals surface area contributed by atoms with Crippen LogP contribution in [0.4, 0.5) is 4.79 Å². The summed E-state index contributed by atoms with van der Waals surface area (Å²) in [5.41, 5.74) is 4.90. The third-order valence-corrected chi connectivity index (χ3v) is 2.74. The molecule has 162 valence electrons. The molecule has 0 aliphatic heterocycles. The zero-order valence-corrected chi connectivity index (χ0v) is 22.4. The van der Waals surface area contributed by atoms with E-state index in [4.69, 9.17) is 5.73 Å². The number of amides is 4. The van der Waals surface area contributed by atoms with Gasteiger partial charge < -0.3 is 33.9 Å². The van der Waals surface area contributed by atoms with Crippen LogP contribution in [0.1, 0.15) is 67.7 Å². The van der Waals surface area contributed by atoms with E-state index in [2.05, 4.69) is 29.8 Å². The third-order valence-electron chi connectivity index (χ3n) is 2.74. The molecule has 0 saturated heterocycles. The fourth-order valence-corrected chi connectivity index (χ4v) is 1.69. The van der Waals surface area contributed by atoms with Gasteiger partial charge in [0.05, 0.1) is 0 Å². The van der Waals surface area contributed by atoms with Gasteiger partial charge in [-0.2, -0.15) is 0 Å². The van der Waals surface area contributed by atoms with Crippen LogP contribution in [0.3, 0.4) is 0 Å². The van der Waals surface area contributed by atoms with Crippen LogP contribution >= 0.6 is 0 Å². The minimum absolute atomic E-state index is 0. The summed E-state index contributed by atoms with van der Waals surface area (Å²) < 4.78 is 0. The zero-order valence-electron chi connectivity index (χ0n) is 19.3. The van der Waals surface area contributed by atoms with Crippen LogP contribution in [0.25, 0.3) is 0 Å². The molecule has 0 aliphatic carbocycles. The second kappa shape index (κ2) is 26.5. The first-order valence-corrected chi connectivity index (χ1v) is 9.17. The fourth-order valence-electron chi connectivity index (χ4n) is 1.69. The van der Waals surface area contributed by atoms with Crippen molar-refractivity contribution in [2.75, 3.05) is 6.54 Å². The molecule has 8 nitrogen and oxygen atoms in total. The number of urea groups is 1. The average molecular weight is 428 g/mol. The molecule has 0 heterocycles. The van der Waals surface area contributed by atoms with E-state index < -0.39 is 24.0 Å². The Balaban J connectivity index is -0.000000228. The molecule has 0 aliphatic rings. The Labute approximate surface area is 214 Å². The first-order chi connectivity index (χ1) is 12.2. The Kier molecular flexibility index (Phi) is 36.1. The maximum Gasteiger partial charge on any atom is 1.00 e. The van der Waals surface area contributed by atoms with Crippen molar-refractivity contribution in [3.8, 4) is 0 Å². The van der Waals surface area contributed by atoms with Gasteiger partial charge in [0.2, 0.25) is 11.8 Å². The monoisotopic (exact) mass is 427 g/mol. The molecule has 2 unspecified atom stereocenters. The molecule has 0 spiro atoms. The van der Waals surface area contributed by atoms with Gasteiger partial charge in [-0.15, -0.1) is 0 Å². The number of carbonyl (C=O) groups is 3. The van der Waals surface area contributed by atoms with Crippen molar-refractivity contribution in [2.45, 2.75) is 79.8 Å². The molecule has 0 bridgehead atoms. The van der Waals surface area contributed by atoms with Crippen LogP contribution in [0.2, 0.25) is 0 Å². The largest absolute Gasteiger partial charge is 1.00 e. The summed E-state index contributed by atoms with van der Waals surface area (Å²) in [4.78, 5) is 44.4. The molecule has 0 radical (unpaired) electrons. The maximum atomic E-state index is 12.0. The molecule has 0 saturated carbocycles. The number of primary amides is 1. The molecule has 2 atom stereocenters. The van der Waals surface area contributed by atoms with E-state index in [-0.39, 0.29) is 70.6 Å². The number of hydrogen-bond donors (Lipinski definition) is 4. The van der Waals surface area contributed by atoms with E-state index in [0.717, 1.165) is 0 Å². The van der Waals surface area contributed by atoms with Gasteiger partial charge in [-0.3, -0.25) is 9.59 Å². The zero-order chi connectivity index (χ0) is 21.1. The molecule has 0 aromatic carbocycles. The van der Waals surface area contributed by atoms with Gasteiger partial charge in [-0.1, -0.05) is 60.4 Å². The van der Waals surface area contributed by atoms with Crippen molar-refractivity contribution in [2.24, 2.45) is 11.7 Å². The predicted octanol–water partition coefficient (Wildman–Crippen LogP) is -0.913. The van der Waals surface area contributed by atoms with Crippen molar-refractivity contribution in [1.82, 2.24) is 16.0 Å². The summed E-state index contributed by atoms with van der Waals surface area (Å²) in [5.74, 6) is -0.865. The minimum Gasteiger partial charge on any atom is -0.540 e. The van der Waals surface area contributed by atoms with Crippen molar-refractivity contribution < 1.29 is 70.6 Å². The SMILES string of the molecule is CC.CC(=O)NC(C(=O)NC([C-]=O)CCCNC(N)=O)C(C)C.CCC.[CH3-].[K+]. The molecular weight excluding hydrogens is 387 g/mol. The van der Waals surface area contributed by atoms with Gasteiger partial charge in [0.25, 0.3) is 0 Å². The normalized spacial score (nSPS) is 10.7. The Morgan fingerprint density at radius 2 is 1.54 bits per heavy atom. The molecule has 9 heteroatoms. The van der Waals surface area contributed by atoms with Crippen molar-refractivity contribution in [1.29, 1.82) is 0 Å². The van der Waals surface area contributed by atoms with Crippen molar-refractivity contribution in [3.63, 3.8) is 0 Å². The van der Waals surface area contributed by atoms with Gasteiger partial charge in [-0.25, -0.2) is 11.1 Å². The van der Waals surface area contributed by atoms with E-state index in [0.29, 0.717) is 19.4 Å². The van der Waals surface area contributed by atoms with Gasteiger partial charge in [0.15, 0.2) is 0 Å². The number of hydrogen-bond acceptors (Lipinski definition) is 4. The fraction of sp³-hybridized carbons (Fsp3) is 0.737. The van der Waals surface area contributed by atoms with E-state index in [1.165, 1.54) is 13.3 Å². The smallest absolute Gasteiger partial charge is 0.540 e. The van der Waals surface area contributed by atoms with E-state index in [9.17, 15) is 19.2 Å². The van der Waals surface area contributed by atoms with E-state index in [1.54, 1.807) is 20.1 Å². The number of nitrogens with one attached hydrogen (secondary N) is 3. The topological polar surface area (TPSA) is 130 Å². The van der Waals surface area contributed by atoms with Crippen LogP contribution in [0.5, 0.6) is 0 Å². The Morgan fingerprint density at radius 3 is 1.86 bits per heavy atom. The summed E-state index contributed by atoms with van der Waals surface area (Å²) in [6, 6.07) is -2.14. The molecular formula is C19H40KN4O4-. The number of rotatable bonds is 9. The van der Waals surface area contributed by atoms with Gasteiger partial charge in [0.1, 0.15) is 6.04 Å². The Hall–Kier alpha value is -0.484. The first kappa shape index (κ1) is 38.2. The van der Waals surface area contributed by atoms with Gasteiger partial charge >= 0.3 is 57.4 Å². The second-order valence-electron chi connectivity index (χ2n) is 5.74. The molecule has 4 amide bonds. The molecule has 0 fully saturated rings.